The Bertz CT molecular complexity index is 81.7. The van der Waals surface area contributed by atoms with Gasteiger partial charge in [-0.2, -0.15) is 0 Å². The predicted molar refractivity (Wildman–Crippen MR) is 48.7 cm³/mol. The second kappa shape index (κ2) is 4.94. The van der Waals surface area contributed by atoms with Crippen molar-refractivity contribution in [2.45, 2.75) is 38.8 Å². The second-order valence-corrected chi connectivity index (χ2v) is 3.32. The summed E-state index contributed by atoms with van der Waals surface area (Å²) in [7, 11) is 1.96. The zero-order chi connectivity index (χ0) is 7.49. The number of rotatable bonds is 3. The molecule has 0 aromatic rings. The van der Waals surface area contributed by atoms with Crippen molar-refractivity contribution in [2.24, 2.45) is 5.73 Å². The smallest absolute Gasteiger partial charge is 0.0136 e. The maximum atomic E-state index is 5.61. The number of nitrogens with one attached hydrogen (secondary N) is 1. The van der Waals surface area contributed by atoms with E-state index in [9.17, 15) is 0 Å². The van der Waals surface area contributed by atoms with Gasteiger partial charge in [-0.25, -0.2) is 0 Å². The fourth-order valence-electron chi connectivity index (χ4n) is 0.907. The van der Waals surface area contributed by atoms with Gasteiger partial charge in [-0.3, -0.25) is 0 Å². The highest BCUT2D eigenvalue weighted by molar-refractivity contribution is 5.85. The van der Waals surface area contributed by atoms with Crippen LogP contribution in [-0.2, 0) is 0 Å². The van der Waals surface area contributed by atoms with Gasteiger partial charge in [0.25, 0.3) is 0 Å². The summed E-state index contributed by atoms with van der Waals surface area (Å²) < 4.78 is 0. The Hall–Kier alpha value is 0.210. The van der Waals surface area contributed by atoms with Crippen LogP contribution < -0.4 is 11.1 Å². The summed E-state index contributed by atoms with van der Waals surface area (Å²) in [5.74, 6) is 0. The second-order valence-electron chi connectivity index (χ2n) is 3.32. The zero-order valence-corrected chi connectivity index (χ0v) is 8.09. The summed E-state index contributed by atoms with van der Waals surface area (Å²) >= 11 is 0. The van der Waals surface area contributed by atoms with Crippen LogP contribution in [0.2, 0.25) is 0 Å². The molecule has 1 atom stereocenters. The van der Waals surface area contributed by atoms with Gasteiger partial charge in [-0.15, -0.1) is 12.4 Å². The van der Waals surface area contributed by atoms with Gasteiger partial charge in [0, 0.05) is 11.6 Å². The summed E-state index contributed by atoms with van der Waals surface area (Å²) in [6, 6.07) is 0.285. The highest BCUT2D eigenvalue weighted by atomic mass is 35.5. The van der Waals surface area contributed by atoms with E-state index in [1.165, 1.54) is 0 Å². The van der Waals surface area contributed by atoms with Crippen molar-refractivity contribution >= 4 is 12.4 Å². The van der Waals surface area contributed by atoms with E-state index in [1.807, 2.05) is 14.0 Å². The molecule has 0 aliphatic carbocycles. The maximum Gasteiger partial charge on any atom is 0.0136 e. The van der Waals surface area contributed by atoms with Crippen molar-refractivity contribution in [1.82, 2.24) is 5.32 Å². The molecule has 0 aromatic heterocycles. The number of hydrogen-bond donors (Lipinski definition) is 2. The van der Waals surface area contributed by atoms with Crippen LogP contribution in [0.25, 0.3) is 0 Å². The van der Waals surface area contributed by atoms with Gasteiger partial charge in [0.05, 0.1) is 0 Å². The Morgan fingerprint density at radius 1 is 1.50 bits per heavy atom. The molecule has 64 valence electrons. The first kappa shape index (κ1) is 12.8. The van der Waals surface area contributed by atoms with Crippen molar-refractivity contribution in [3.63, 3.8) is 0 Å². The lowest BCUT2D eigenvalue weighted by Gasteiger charge is -2.25. The van der Waals surface area contributed by atoms with Crippen LogP contribution in [0.3, 0.4) is 0 Å². The lowest BCUT2D eigenvalue weighted by molar-refractivity contribution is 0.367. The molecule has 0 aromatic carbocycles. The Morgan fingerprint density at radius 3 is 2.00 bits per heavy atom. The minimum absolute atomic E-state index is 0. The molecule has 3 heteroatoms. The quantitative estimate of drug-likeness (QED) is 0.660. The van der Waals surface area contributed by atoms with Gasteiger partial charge in [0.15, 0.2) is 0 Å². The van der Waals surface area contributed by atoms with E-state index in [0.29, 0.717) is 0 Å². The van der Waals surface area contributed by atoms with Crippen LogP contribution in [0, 0.1) is 0 Å². The van der Waals surface area contributed by atoms with Crippen LogP contribution in [0.5, 0.6) is 0 Å². The highest BCUT2D eigenvalue weighted by Gasteiger charge is 2.15. The Labute approximate surface area is 70.0 Å². The normalized spacial score (nSPS) is 14.1. The molecule has 3 N–H and O–H groups in total. The van der Waals surface area contributed by atoms with E-state index in [4.69, 9.17) is 5.73 Å². The molecule has 0 aliphatic heterocycles. The summed E-state index contributed by atoms with van der Waals surface area (Å²) in [5.41, 5.74) is 5.80. The molecule has 0 radical (unpaired) electrons. The molecule has 0 heterocycles. The van der Waals surface area contributed by atoms with Gasteiger partial charge in [-0.1, -0.05) is 0 Å². The first-order valence-electron chi connectivity index (χ1n) is 3.42. The molecular weight excluding hydrogens is 148 g/mol. The van der Waals surface area contributed by atoms with Crippen molar-refractivity contribution in [1.29, 1.82) is 0 Å². The summed E-state index contributed by atoms with van der Waals surface area (Å²) in [6.45, 7) is 6.33. The topological polar surface area (TPSA) is 38.0 Å². The summed E-state index contributed by atoms with van der Waals surface area (Å²) in [5, 5.41) is 3.19. The molecule has 0 saturated heterocycles. The first-order chi connectivity index (χ1) is 3.98. The maximum absolute atomic E-state index is 5.61. The Kier molecular flexibility index (Phi) is 6.35. The predicted octanol–water partition coefficient (Wildman–Crippen LogP) is 1.14. The fraction of sp³-hybridized carbons (Fsp3) is 1.00. The Balaban J connectivity index is 0. The molecule has 0 spiro atoms. The van der Waals surface area contributed by atoms with E-state index >= 15 is 0 Å². The van der Waals surface area contributed by atoms with E-state index in [-0.39, 0.29) is 24.0 Å². The molecule has 0 saturated carbocycles. The minimum atomic E-state index is 0. The van der Waals surface area contributed by atoms with Crippen LogP contribution in [0.4, 0.5) is 0 Å². The Morgan fingerprint density at radius 2 is 1.90 bits per heavy atom. The average Bonchev–Trinajstić information content (AvgIpc) is 1.63. The number of hydrogen-bond acceptors (Lipinski definition) is 2. The van der Waals surface area contributed by atoms with Crippen molar-refractivity contribution < 1.29 is 0 Å². The number of halogens is 1. The zero-order valence-electron chi connectivity index (χ0n) is 7.27. The molecule has 0 fully saturated rings. The molecule has 1 unspecified atom stereocenters. The molecule has 0 amide bonds. The standard InChI is InChI=1S/C7H18N2.ClH/c1-6(8)5-7(2,3)9-4;/h6,9H,5,8H2,1-4H3;1H. The molecule has 0 aliphatic rings. The van der Waals surface area contributed by atoms with Gasteiger partial charge in [-0.05, 0) is 34.2 Å². The summed E-state index contributed by atoms with van der Waals surface area (Å²) in [4.78, 5) is 0. The minimum Gasteiger partial charge on any atom is -0.328 e. The molecule has 10 heavy (non-hydrogen) atoms. The highest BCUT2D eigenvalue weighted by Crippen LogP contribution is 2.08. The molecule has 0 bridgehead atoms. The third-order valence-corrected chi connectivity index (χ3v) is 1.51. The van der Waals surface area contributed by atoms with Gasteiger partial charge in [0.1, 0.15) is 0 Å². The molecular formula is C7H19ClN2. The van der Waals surface area contributed by atoms with Crippen molar-refractivity contribution in [2.75, 3.05) is 7.05 Å². The van der Waals surface area contributed by atoms with Crippen LogP contribution in [-0.4, -0.2) is 18.6 Å². The van der Waals surface area contributed by atoms with E-state index in [0.717, 1.165) is 6.42 Å². The SMILES string of the molecule is CNC(C)(C)CC(C)N.Cl. The van der Waals surface area contributed by atoms with Crippen molar-refractivity contribution in [3.8, 4) is 0 Å². The van der Waals surface area contributed by atoms with E-state index in [2.05, 4.69) is 19.2 Å². The van der Waals surface area contributed by atoms with Crippen LogP contribution in [0.15, 0.2) is 0 Å². The molecule has 0 rings (SSSR count). The fourth-order valence-corrected chi connectivity index (χ4v) is 0.907. The van der Waals surface area contributed by atoms with Gasteiger partial charge < -0.3 is 11.1 Å². The monoisotopic (exact) mass is 166 g/mol. The lowest BCUT2D eigenvalue weighted by atomic mass is 9.97. The van der Waals surface area contributed by atoms with E-state index < -0.39 is 0 Å². The van der Waals surface area contributed by atoms with Crippen LogP contribution in [0.1, 0.15) is 27.2 Å². The number of nitrogens with two attached hydrogens (primary N) is 1. The van der Waals surface area contributed by atoms with Gasteiger partial charge >= 0.3 is 0 Å². The first-order valence-corrected chi connectivity index (χ1v) is 3.42. The van der Waals surface area contributed by atoms with E-state index in [1.54, 1.807) is 0 Å². The third-order valence-electron chi connectivity index (χ3n) is 1.51. The largest absolute Gasteiger partial charge is 0.328 e. The molecule has 2 nitrogen and oxygen atoms in total. The summed E-state index contributed by atoms with van der Waals surface area (Å²) in [6.07, 6.45) is 1.02. The average molecular weight is 167 g/mol. The van der Waals surface area contributed by atoms with Crippen molar-refractivity contribution in [3.05, 3.63) is 0 Å². The lowest BCUT2D eigenvalue weighted by Crippen LogP contribution is -2.41. The van der Waals surface area contributed by atoms with Gasteiger partial charge in [0.2, 0.25) is 0 Å². The third kappa shape index (κ3) is 6.33. The van der Waals surface area contributed by atoms with Crippen LogP contribution >= 0.6 is 12.4 Å².